The summed E-state index contributed by atoms with van der Waals surface area (Å²) < 4.78 is 0. The van der Waals surface area contributed by atoms with E-state index in [9.17, 15) is 0 Å². The van der Waals surface area contributed by atoms with Gasteiger partial charge in [-0.3, -0.25) is 0 Å². The topological polar surface area (TPSA) is 39.1 Å². The largest absolute Gasteiger partial charge is 0.311 e. The summed E-state index contributed by atoms with van der Waals surface area (Å²) in [7, 11) is 4.12. The molecule has 1 N–H and O–H groups in total. The molecule has 0 saturated heterocycles. The fourth-order valence-corrected chi connectivity index (χ4v) is 1.23. The number of benzene rings is 1. The normalized spacial score (nSPS) is 10.3. The van der Waals surface area contributed by atoms with Gasteiger partial charge >= 0.3 is 0 Å². The summed E-state index contributed by atoms with van der Waals surface area (Å²) in [5.74, 6) is 0. The molecule has 80 valence electrons. The summed E-state index contributed by atoms with van der Waals surface area (Å²) >= 11 is 0. The van der Waals surface area contributed by atoms with Gasteiger partial charge in [0, 0.05) is 19.6 Å². The van der Waals surface area contributed by atoms with Gasteiger partial charge in [-0.25, -0.2) is 0 Å². The average Bonchev–Trinajstić information content (AvgIpc) is 2.25. The van der Waals surface area contributed by atoms with Crippen molar-refractivity contribution in [2.45, 2.75) is 6.54 Å². The SMILES string of the molecule is CN(C)CCNCc1ccc(C#N)cc1. The van der Waals surface area contributed by atoms with Crippen LogP contribution in [0.1, 0.15) is 11.1 Å². The van der Waals surface area contributed by atoms with E-state index >= 15 is 0 Å². The third-order valence-corrected chi connectivity index (χ3v) is 2.15. The maximum atomic E-state index is 8.63. The molecule has 0 unspecified atom stereocenters. The van der Waals surface area contributed by atoms with Gasteiger partial charge in [-0.15, -0.1) is 0 Å². The van der Waals surface area contributed by atoms with Crippen LogP contribution < -0.4 is 5.32 Å². The number of hydrogen-bond acceptors (Lipinski definition) is 3. The highest BCUT2D eigenvalue weighted by Crippen LogP contribution is 2.02. The molecule has 0 bridgehead atoms. The Morgan fingerprint density at radius 3 is 2.47 bits per heavy atom. The highest BCUT2D eigenvalue weighted by atomic mass is 15.1. The first-order valence-corrected chi connectivity index (χ1v) is 5.07. The molecule has 3 heteroatoms. The lowest BCUT2D eigenvalue weighted by atomic mass is 10.1. The van der Waals surface area contributed by atoms with Gasteiger partial charge in [0.25, 0.3) is 0 Å². The van der Waals surface area contributed by atoms with Crippen molar-refractivity contribution in [1.29, 1.82) is 5.26 Å². The van der Waals surface area contributed by atoms with Crippen LogP contribution in [-0.4, -0.2) is 32.1 Å². The Hall–Kier alpha value is -1.37. The van der Waals surface area contributed by atoms with E-state index in [1.165, 1.54) is 5.56 Å². The van der Waals surface area contributed by atoms with E-state index in [1.54, 1.807) is 0 Å². The van der Waals surface area contributed by atoms with Crippen molar-refractivity contribution in [1.82, 2.24) is 10.2 Å². The van der Waals surface area contributed by atoms with E-state index in [-0.39, 0.29) is 0 Å². The second-order valence-corrected chi connectivity index (χ2v) is 3.79. The average molecular weight is 203 g/mol. The smallest absolute Gasteiger partial charge is 0.0991 e. The summed E-state index contributed by atoms with van der Waals surface area (Å²) in [5.41, 5.74) is 1.93. The molecule has 0 aliphatic heterocycles. The molecule has 0 heterocycles. The van der Waals surface area contributed by atoms with Crippen molar-refractivity contribution in [2.24, 2.45) is 0 Å². The molecule has 1 aromatic rings. The van der Waals surface area contributed by atoms with E-state index in [4.69, 9.17) is 5.26 Å². The van der Waals surface area contributed by atoms with E-state index in [2.05, 4.69) is 30.4 Å². The molecule has 0 aliphatic carbocycles. The molecule has 0 fully saturated rings. The fourth-order valence-electron chi connectivity index (χ4n) is 1.23. The minimum atomic E-state index is 0.715. The van der Waals surface area contributed by atoms with Crippen molar-refractivity contribution < 1.29 is 0 Å². The number of rotatable bonds is 5. The summed E-state index contributed by atoms with van der Waals surface area (Å²) in [4.78, 5) is 2.14. The molecule has 1 rings (SSSR count). The summed E-state index contributed by atoms with van der Waals surface area (Å²) in [6, 6.07) is 9.78. The Balaban J connectivity index is 2.29. The van der Waals surface area contributed by atoms with Gasteiger partial charge < -0.3 is 10.2 Å². The molecule has 0 aliphatic rings. The number of nitriles is 1. The Kier molecular flexibility index (Phi) is 4.82. The first-order chi connectivity index (χ1) is 7.22. The van der Waals surface area contributed by atoms with Crippen LogP contribution in [0.25, 0.3) is 0 Å². The molecular formula is C12H17N3. The van der Waals surface area contributed by atoms with Crippen molar-refractivity contribution in [3.8, 4) is 6.07 Å². The Morgan fingerprint density at radius 1 is 1.27 bits per heavy atom. The second-order valence-electron chi connectivity index (χ2n) is 3.79. The lowest BCUT2D eigenvalue weighted by Gasteiger charge is -2.10. The Morgan fingerprint density at radius 2 is 1.93 bits per heavy atom. The number of nitrogens with zero attached hydrogens (tertiary/aromatic N) is 2. The quantitative estimate of drug-likeness (QED) is 0.731. The molecule has 0 atom stereocenters. The van der Waals surface area contributed by atoms with Crippen molar-refractivity contribution >= 4 is 0 Å². The molecular weight excluding hydrogens is 186 g/mol. The molecule has 0 saturated carbocycles. The number of nitrogens with one attached hydrogen (secondary N) is 1. The fraction of sp³-hybridized carbons (Fsp3) is 0.417. The molecule has 0 spiro atoms. The third kappa shape index (κ3) is 4.59. The van der Waals surface area contributed by atoms with Gasteiger partial charge in [-0.05, 0) is 31.8 Å². The van der Waals surface area contributed by atoms with Crippen LogP contribution >= 0.6 is 0 Å². The van der Waals surface area contributed by atoms with Gasteiger partial charge in [-0.1, -0.05) is 12.1 Å². The number of likely N-dealkylation sites (N-methyl/N-ethyl adjacent to an activating group) is 1. The molecule has 0 amide bonds. The zero-order valence-corrected chi connectivity index (χ0v) is 9.33. The van der Waals surface area contributed by atoms with Crippen LogP contribution in [0.5, 0.6) is 0 Å². The lowest BCUT2D eigenvalue weighted by Crippen LogP contribution is -2.26. The van der Waals surface area contributed by atoms with Gasteiger partial charge in [0.05, 0.1) is 11.6 Å². The van der Waals surface area contributed by atoms with Gasteiger partial charge in [-0.2, -0.15) is 5.26 Å². The molecule has 3 nitrogen and oxygen atoms in total. The highest BCUT2D eigenvalue weighted by molar-refractivity contribution is 5.31. The summed E-state index contributed by atoms with van der Waals surface area (Å²) in [6.07, 6.45) is 0. The predicted molar refractivity (Wildman–Crippen MR) is 61.4 cm³/mol. The maximum Gasteiger partial charge on any atom is 0.0991 e. The van der Waals surface area contributed by atoms with Crippen LogP contribution in [0.2, 0.25) is 0 Å². The predicted octanol–water partition coefficient (Wildman–Crippen LogP) is 1.21. The third-order valence-electron chi connectivity index (χ3n) is 2.15. The minimum absolute atomic E-state index is 0.715. The van der Waals surface area contributed by atoms with Crippen LogP contribution in [0.4, 0.5) is 0 Å². The molecule has 1 aromatic carbocycles. The standard InChI is InChI=1S/C12H17N3/c1-15(2)8-7-14-10-12-5-3-11(9-13)4-6-12/h3-6,14H,7-8,10H2,1-2H3. The first-order valence-electron chi connectivity index (χ1n) is 5.07. The Bertz CT molecular complexity index is 322. The van der Waals surface area contributed by atoms with E-state index in [0.29, 0.717) is 5.56 Å². The zero-order chi connectivity index (χ0) is 11.1. The first kappa shape index (κ1) is 11.7. The minimum Gasteiger partial charge on any atom is -0.311 e. The van der Waals surface area contributed by atoms with Crippen molar-refractivity contribution in [2.75, 3.05) is 27.2 Å². The molecule has 0 radical (unpaired) electrons. The summed E-state index contributed by atoms with van der Waals surface area (Å²) in [6.45, 7) is 2.88. The molecule has 15 heavy (non-hydrogen) atoms. The van der Waals surface area contributed by atoms with Crippen LogP contribution in [0.3, 0.4) is 0 Å². The van der Waals surface area contributed by atoms with E-state index in [0.717, 1.165) is 19.6 Å². The van der Waals surface area contributed by atoms with Crippen molar-refractivity contribution in [3.63, 3.8) is 0 Å². The monoisotopic (exact) mass is 203 g/mol. The van der Waals surface area contributed by atoms with Gasteiger partial charge in [0.15, 0.2) is 0 Å². The van der Waals surface area contributed by atoms with Crippen LogP contribution in [0.15, 0.2) is 24.3 Å². The summed E-state index contributed by atoms with van der Waals surface area (Å²) in [5, 5.41) is 12.0. The number of hydrogen-bond donors (Lipinski definition) is 1. The van der Waals surface area contributed by atoms with Crippen LogP contribution in [-0.2, 0) is 6.54 Å². The van der Waals surface area contributed by atoms with Gasteiger partial charge in [0.2, 0.25) is 0 Å². The van der Waals surface area contributed by atoms with Gasteiger partial charge in [0.1, 0.15) is 0 Å². The second kappa shape index (κ2) is 6.18. The highest BCUT2D eigenvalue weighted by Gasteiger charge is 1.94. The molecule has 0 aromatic heterocycles. The zero-order valence-electron chi connectivity index (χ0n) is 9.33. The van der Waals surface area contributed by atoms with Crippen molar-refractivity contribution in [3.05, 3.63) is 35.4 Å². The maximum absolute atomic E-state index is 8.63. The van der Waals surface area contributed by atoms with E-state index < -0.39 is 0 Å². The van der Waals surface area contributed by atoms with E-state index in [1.807, 2.05) is 24.3 Å². The lowest BCUT2D eigenvalue weighted by molar-refractivity contribution is 0.400. The van der Waals surface area contributed by atoms with Crippen LogP contribution in [0, 0.1) is 11.3 Å². The Labute approximate surface area is 91.3 Å².